The SMILES string of the molecule is CN=C(NCC1CN(CC(C)C)CCO1)NCC(c1ccccc1OC)N1CCCC1. The minimum absolute atomic E-state index is 0.189. The average Bonchev–Trinajstić information content (AvgIpc) is 3.30. The fraction of sp³-hybridized carbons (Fsp3) is 0.708. The van der Waals surface area contributed by atoms with Crippen molar-refractivity contribution in [1.82, 2.24) is 20.4 Å². The van der Waals surface area contributed by atoms with Crippen molar-refractivity contribution in [1.29, 1.82) is 0 Å². The van der Waals surface area contributed by atoms with Crippen LogP contribution in [-0.4, -0.2) is 88.4 Å². The van der Waals surface area contributed by atoms with E-state index in [4.69, 9.17) is 9.47 Å². The highest BCUT2D eigenvalue weighted by Gasteiger charge is 2.26. The van der Waals surface area contributed by atoms with Crippen LogP contribution in [0.4, 0.5) is 0 Å². The largest absolute Gasteiger partial charge is 0.496 e. The van der Waals surface area contributed by atoms with Crippen LogP contribution in [0.1, 0.15) is 38.3 Å². The van der Waals surface area contributed by atoms with Crippen molar-refractivity contribution in [3.63, 3.8) is 0 Å². The lowest BCUT2D eigenvalue weighted by Gasteiger charge is -2.34. The maximum Gasteiger partial charge on any atom is 0.191 e. The van der Waals surface area contributed by atoms with E-state index >= 15 is 0 Å². The Morgan fingerprint density at radius 3 is 2.68 bits per heavy atom. The Morgan fingerprint density at radius 2 is 1.97 bits per heavy atom. The summed E-state index contributed by atoms with van der Waals surface area (Å²) in [5, 5.41) is 7.03. The smallest absolute Gasteiger partial charge is 0.191 e. The monoisotopic (exact) mass is 431 g/mol. The number of hydrogen-bond acceptors (Lipinski definition) is 5. The van der Waals surface area contributed by atoms with Gasteiger partial charge in [-0.3, -0.25) is 14.8 Å². The molecule has 2 saturated heterocycles. The third-order valence-electron chi connectivity index (χ3n) is 6.11. The number of nitrogens with one attached hydrogen (secondary N) is 2. The van der Waals surface area contributed by atoms with Crippen LogP contribution < -0.4 is 15.4 Å². The number of morpholine rings is 1. The molecule has 174 valence electrons. The Morgan fingerprint density at radius 1 is 1.19 bits per heavy atom. The molecule has 0 aliphatic carbocycles. The van der Waals surface area contributed by atoms with Gasteiger partial charge < -0.3 is 20.1 Å². The molecular weight excluding hydrogens is 390 g/mol. The molecule has 0 spiro atoms. The van der Waals surface area contributed by atoms with Gasteiger partial charge in [-0.05, 0) is 37.9 Å². The van der Waals surface area contributed by atoms with E-state index in [1.54, 1.807) is 7.11 Å². The summed E-state index contributed by atoms with van der Waals surface area (Å²) in [5.41, 5.74) is 1.23. The van der Waals surface area contributed by atoms with E-state index < -0.39 is 0 Å². The Bertz CT molecular complexity index is 690. The van der Waals surface area contributed by atoms with Gasteiger partial charge in [0, 0.05) is 45.3 Å². The Kier molecular flexibility index (Phi) is 9.43. The van der Waals surface area contributed by atoms with Gasteiger partial charge in [-0.15, -0.1) is 0 Å². The zero-order valence-corrected chi connectivity index (χ0v) is 19.8. The number of rotatable bonds is 9. The van der Waals surface area contributed by atoms with E-state index in [1.807, 2.05) is 13.1 Å². The van der Waals surface area contributed by atoms with E-state index in [1.165, 1.54) is 18.4 Å². The Balaban J connectivity index is 1.56. The summed E-state index contributed by atoms with van der Waals surface area (Å²) in [4.78, 5) is 9.50. The maximum atomic E-state index is 5.98. The third kappa shape index (κ3) is 7.09. The fourth-order valence-corrected chi connectivity index (χ4v) is 4.64. The van der Waals surface area contributed by atoms with E-state index in [9.17, 15) is 0 Å². The molecular formula is C24H41N5O2. The lowest BCUT2D eigenvalue weighted by molar-refractivity contribution is -0.0284. The topological polar surface area (TPSA) is 61.4 Å². The minimum atomic E-state index is 0.189. The van der Waals surface area contributed by atoms with Crippen LogP contribution in [0.3, 0.4) is 0 Å². The Labute approximate surface area is 188 Å². The molecule has 2 unspecified atom stereocenters. The van der Waals surface area contributed by atoms with Gasteiger partial charge in [0.25, 0.3) is 0 Å². The number of guanidine groups is 1. The molecule has 31 heavy (non-hydrogen) atoms. The molecule has 0 bridgehead atoms. The molecule has 2 atom stereocenters. The van der Waals surface area contributed by atoms with Crippen LogP contribution in [0.15, 0.2) is 29.3 Å². The van der Waals surface area contributed by atoms with Crippen LogP contribution >= 0.6 is 0 Å². The number of para-hydroxylation sites is 1. The first-order valence-electron chi connectivity index (χ1n) is 11.8. The molecule has 2 N–H and O–H groups in total. The van der Waals surface area contributed by atoms with Crippen molar-refractivity contribution in [2.24, 2.45) is 10.9 Å². The number of methoxy groups -OCH3 is 1. The lowest BCUT2D eigenvalue weighted by Crippen LogP contribution is -2.50. The highest BCUT2D eigenvalue weighted by atomic mass is 16.5. The zero-order chi connectivity index (χ0) is 22.1. The number of ether oxygens (including phenoxy) is 2. The summed E-state index contributed by atoms with van der Waals surface area (Å²) in [6.45, 7) is 12.3. The molecule has 3 rings (SSSR count). The molecule has 2 fully saturated rings. The number of likely N-dealkylation sites (tertiary alicyclic amines) is 1. The van der Waals surface area contributed by atoms with Crippen molar-refractivity contribution >= 4 is 5.96 Å². The molecule has 0 saturated carbocycles. The van der Waals surface area contributed by atoms with Crippen molar-refractivity contribution in [2.45, 2.75) is 38.8 Å². The van der Waals surface area contributed by atoms with Crippen molar-refractivity contribution in [3.8, 4) is 5.75 Å². The normalized spacial score (nSPS) is 22.0. The first-order valence-corrected chi connectivity index (χ1v) is 11.8. The number of aliphatic imine (C=N–C) groups is 1. The van der Waals surface area contributed by atoms with E-state index in [-0.39, 0.29) is 12.1 Å². The number of nitrogens with zero attached hydrogens (tertiary/aromatic N) is 3. The summed E-state index contributed by atoms with van der Waals surface area (Å²) in [6.07, 6.45) is 2.70. The summed E-state index contributed by atoms with van der Waals surface area (Å²) in [6, 6.07) is 8.61. The van der Waals surface area contributed by atoms with Gasteiger partial charge >= 0.3 is 0 Å². The van der Waals surface area contributed by atoms with Crippen molar-refractivity contribution < 1.29 is 9.47 Å². The van der Waals surface area contributed by atoms with Crippen LogP contribution in [0.2, 0.25) is 0 Å². The average molecular weight is 432 g/mol. The molecule has 2 aliphatic heterocycles. The summed E-state index contributed by atoms with van der Waals surface area (Å²) < 4.78 is 11.6. The zero-order valence-electron chi connectivity index (χ0n) is 19.8. The minimum Gasteiger partial charge on any atom is -0.496 e. The second kappa shape index (κ2) is 12.3. The first kappa shape index (κ1) is 23.8. The van der Waals surface area contributed by atoms with Crippen LogP contribution in [0, 0.1) is 5.92 Å². The predicted octanol–water partition coefficient (Wildman–Crippen LogP) is 2.35. The van der Waals surface area contributed by atoms with E-state index in [0.29, 0.717) is 5.92 Å². The van der Waals surface area contributed by atoms with E-state index in [0.717, 1.165) is 64.1 Å². The fourth-order valence-electron chi connectivity index (χ4n) is 4.64. The molecule has 7 nitrogen and oxygen atoms in total. The van der Waals surface area contributed by atoms with Gasteiger partial charge in [-0.1, -0.05) is 32.0 Å². The Hall–Kier alpha value is -1.83. The van der Waals surface area contributed by atoms with Crippen molar-refractivity contribution in [2.75, 3.05) is 66.6 Å². The second-order valence-corrected chi connectivity index (χ2v) is 8.98. The number of hydrogen-bond donors (Lipinski definition) is 2. The van der Waals surface area contributed by atoms with Gasteiger partial charge in [0.2, 0.25) is 0 Å². The highest BCUT2D eigenvalue weighted by molar-refractivity contribution is 5.79. The third-order valence-corrected chi connectivity index (χ3v) is 6.11. The molecule has 1 aromatic carbocycles. The lowest BCUT2D eigenvalue weighted by atomic mass is 10.0. The molecule has 0 aromatic heterocycles. The van der Waals surface area contributed by atoms with Gasteiger partial charge in [0.1, 0.15) is 5.75 Å². The van der Waals surface area contributed by atoms with Gasteiger partial charge in [0.15, 0.2) is 5.96 Å². The van der Waals surface area contributed by atoms with Gasteiger partial charge in [0.05, 0.1) is 25.9 Å². The van der Waals surface area contributed by atoms with Crippen LogP contribution in [0.25, 0.3) is 0 Å². The van der Waals surface area contributed by atoms with E-state index in [2.05, 4.69) is 57.5 Å². The molecule has 2 heterocycles. The summed E-state index contributed by atoms with van der Waals surface area (Å²) >= 11 is 0. The molecule has 0 radical (unpaired) electrons. The summed E-state index contributed by atoms with van der Waals surface area (Å²) in [7, 11) is 3.58. The van der Waals surface area contributed by atoms with Gasteiger partial charge in [-0.25, -0.2) is 0 Å². The number of benzene rings is 1. The standard InChI is InChI=1S/C24H41N5O2/c1-19(2)17-28-13-14-31-20(18-28)15-26-24(25-3)27-16-22(29-11-7-8-12-29)21-9-5-6-10-23(21)30-4/h5-6,9-10,19-20,22H,7-8,11-18H2,1-4H3,(H2,25,26,27). The first-order chi connectivity index (χ1) is 15.1. The van der Waals surface area contributed by atoms with Crippen LogP contribution in [0.5, 0.6) is 5.75 Å². The second-order valence-electron chi connectivity index (χ2n) is 8.98. The predicted molar refractivity (Wildman–Crippen MR) is 127 cm³/mol. The summed E-state index contributed by atoms with van der Waals surface area (Å²) in [5.74, 6) is 2.45. The maximum absolute atomic E-state index is 5.98. The highest BCUT2D eigenvalue weighted by Crippen LogP contribution is 2.31. The molecule has 1 aromatic rings. The quantitative estimate of drug-likeness (QED) is 0.462. The molecule has 7 heteroatoms. The molecule has 2 aliphatic rings. The van der Waals surface area contributed by atoms with Gasteiger partial charge in [-0.2, -0.15) is 0 Å². The molecule has 0 amide bonds. The van der Waals surface area contributed by atoms with Crippen LogP contribution in [-0.2, 0) is 4.74 Å². The van der Waals surface area contributed by atoms with Crippen molar-refractivity contribution in [3.05, 3.63) is 29.8 Å².